The number of amides is 1. The highest BCUT2D eigenvalue weighted by atomic mass is 35.5. The first kappa shape index (κ1) is 21.2. The van der Waals surface area contributed by atoms with E-state index in [0.29, 0.717) is 28.6 Å². The van der Waals surface area contributed by atoms with Gasteiger partial charge in [0, 0.05) is 53.4 Å². The lowest BCUT2D eigenvalue weighted by Gasteiger charge is -2.36. The van der Waals surface area contributed by atoms with Crippen LogP contribution in [-0.2, 0) is 0 Å². The molecule has 3 aromatic rings. The fourth-order valence-corrected chi connectivity index (χ4v) is 4.74. The molecule has 158 valence electrons. The lowest BCUT2D eigenvalue weighted by atomic mass is 10.1. The van der Waals surface area contributed by atoms with Crippen LogP contribution in [0.1, 0.15) is 10.4 Å². The summed E-state index contributed by atoms with van der Waals surface area (Å²) in [4.78, 5) is 29.5. The van der Waals surface area contributed by atoms with Crippen molar-refractivity contribution in [3.05, 3.63) is 93.5 Å². The molecule has 1 aliphatic heterocycles. The van der Waals surface area contributed by atoms with Gasteiger partial charge in [0.25, 0.3) is 11.6 Å². The van der Waals surface area contributed by atoms with Crippen molar-refractivity contribution in [3.63, 3.8) is 0 Å². The van der Waals surface area contributed by atoms with E-state index in [-0.39, 0.29) is 11.6 Å². The zero-order valence-corrected chi connectivity index (χ0v) is 18.2. The SMILES string of the molecule is O=C(c1ccc(Sc2cccc(Cl)c2)c([N+](=O)[O-])c1)N1CCN(c2ccccc2)CC1. The number of carbonyl (C=O) groups is 1. The number of nitro groups is 1. The molecule has 0 aromatic heterocycles. The minimum absolute atomic E-state index is 0.0845. The predicted octanol–water partition coefficient (Wildman–Crippen LogP) is 5.36. The molecule has 0 radical (unpaired) electrons. The lowest BCUT2D eigenvalue weighted by Crippen LogP contribution is -2.48. The standard InChI is InChI=1S/C23H20ClN3O3S/c24-18-5-4-8-20(16-18)31-22-10-9-17(15-21(22)27(29)30)23(28)26-13-11-25(12-14-26)19-6-2-1-3-7-19/h1-10,15-16H,11-14H2. The average molecular weight is 454 g/mol. The Kier molecular flexibility index (Phi) is 6.44. The summed E-state index contributed by atoms with van der Waals surface area (Å²) in [5, 5.41) is 12.2. The number of benzene rings is 3. The van der Waals surface area contributed by atoms with E-state index in [9.17, 15) is 14.9 Å². The van der Waals surface area contributed by atoms with Gasteiger partial charge in [-0.3, -0.25) is 14.9 Å². The van der Waals surface area contributed by atoms with Crippen molar-refractivity contribution in [1.82, 2.24) is 4.90 Å². The van der Waals surface area contributed by atoms with E-state index < -0.39 is 4.92 Å². The number of nitrogens with zero attached hydrogens (tertiary/aromatic N) is 3. The summed E-state index contributed by atoms with van der Waals surface area (Å²) in [6.07, 6.45) is 0. The number of halogens is 1. The van der Waals surface area contributed by atoms with Gasteiger partial charge >= 0.3 is 0 Å². The molecular weight excluding hydrogens is 434 g/mol. The van der Waals surface area contributed by atoms with Crippen molar-refractivity contribution < 1.29 is 9.72 Å². The molecule has 0 N–H and O–H groups in total. The van der Waals surface area contributed by atoms with Crippen molar-refractivity contribution in [2.24, 2.45) is 0 Å². The summed E-state index contributed by atoms with van der Waals surface area (Å²) in [6, 6.07) is 21.9. The van der Waals surface area contributed by atoms with Crippen molar-refractivity contribution >= 4 is 40.6 Å². The molecule has 1 amide bonds. The van der Waals surface area contributed by atoms with E-state index in [4.69, 9.17) is 11.6 Å². The first-order valence-corrected chi connectivity index (χ1v) is 11.0. The minimum Gasteiger partial charge on any atom is -0.368 e. The monoisotopic (exact) mass is 453 g/mol. The number of anilines is 1. The Morgan fingerprint density at radius 3 is 2.35 bits per heavy atom. The topological polar surface area (TPSA) is 66.7 Å². The van der Waals surface area contributed by atoms with Crippen LogP contribution in [0.5, 0.6) is 0 Å². The van der Waals surface area contributed by atoms with E-state index >= 15 is 0 Å². The highest BCUT2D eigenvalue weighted by Gasteiger charge is 2.25. The van der Waals surface area contributed by atoms with Gasteiger partial charge < -0.3 is 9.80 Å². The number of carbonyl (C=O) groups excluding carboxylic acids is 1. The normalized spacial score (nSPS) is 13.8. The van der Waals surface area contributed by atoms with Crippen molar-refractivity contribution in [3.8, 4) is 0 Å². The van der Waals surface area contributed by atoms with Crippen molar-refractivity contribution in [2.45, 2.75) is 9.79 Å². The van der Waals surface area contributed by atoms with Crippen LogP contribution >= 0.6 is 23.4 Å². The highest BCUT2D eigenvalue weighted by Crippen LogP contribution is 2.36. The Morgan fingerprint density at radius 1 is 0.935 bits per heavy atom. The Hall–Kier alpha value is -3.03. The molecule has 0 unspecified atom stereocenters. The first-order valence-electron chi connectivity index (χ1n) is 9.82. The van der Waals surface area contributed by atoms with Crippen molar-refractivity contribution in [2.75, 3.05) is 31.1 Å². The van der Waals surface area contributed by atoms with E-state index in [1.165, 1.54) is 17.8 Å². The first-order chi connectivity index (χ1) is 15.0. The third-order valence-corrected chi connectivity index (χ3v) is 6.40. The zero-order valence-electron chi connectivity index (χ0n) is 16.6. The fourth-order valence-electron chi connectivity index (χ4n) is 3.53. The number of rotatable bonds is 5. The molecule has 0 bridgehead atoms. The molecule has 1 aliphatic rings. The molecule has 0 atom stereocenters. The van der Waals surface area contributed by atoms with Crippen LogP contribution in [0, 0.1) is 10.1 Å². The number of hydrogen-bond acceptors (Lipinski definition) is 5. The quantitative estimate of drug-likeness (QED) is 0.384. The van der Waals surface area contributed by atoms with Gasteiger partial charge in [0.1, 0.15) is 0 Å². The summed E-state index contributed by atoms with van der Waals surface area (Å²) < 4.78 is 0. The third kappa shape index (κ3) is 5.00. The second-order valence-electron chi connectivity index (χ2n) is 7.11. The van der Waals surface area contributed by atoms with Crippen LogP contribution in [0.2, 0.25) is 5.02 Å². The third-order valence-electron chi connectivity index (χ3n) is 5.11. The predicted molar refractivity (Wildman–Crippen MR) is 123 cm³/mol. The van der Waals surface area contributed by atoms with Crippen molar-refractivity contribution in [1.29, 1.82) is 0 Å². The second-order valence-corrected chi connectivity index (χ2v) is 8.67. The molecular formula is C23H20ClN3O3S. The molecule has 0 spiro atoms. The molecule has 31 heavy (non-hydrogen) atoms. The van der Waals surface area contributed by atoms with Gasteiger partial charge in [-0.05, 0) is 42.5 Å². The van der Waals surface area contributed by atoms with Gasteiger partial charge in [0.15, 0.2) is 0 Å². The van der Waals surface area contributed by atoms with Crippen LogP contribution in [0.25, 0.3) is 0 Å². The van der Waals surface area contributed by atoms with Crippen LogP contribution in [0.15, 0.2) is 82.6 Å². The van der Waals surface area contributed by atoms with Gasteiger partial charge in [0.05, 0.1) is 9.82 Å². The van der Waals surface area contributed by atoms with Crippen LogP contribution < -0.4 is 4.90 Å². The Morgan fingerprint density at radius 2 is 1.68 bits per heavy atom. The molecule has 0 saturated carbocycles. The molecule has 8 heteroatoms. The maximum absolute atomic E-state index is 13.0. The summed E-state index contributed by atoms with van der Waals surface area (Å²) in [7, 11) is 0. The summed E-state index contributed by atoms with van der Waals surface area (Å²) in [5.74, 6) is -0.185. The fraction of sp³-hybridized carbons (Fsp3) is 0.174. The molecule has 1 heterocycles. The van der Waals surface area contributed by atoms with Crippen LogP contribution in [0.3, 0.4) is 0 Å². The smallest absolute Gasteiger partial charge is 0.284 e. The molecule has 4 rings (SSSR count). The molecule has 3 aromatic carbocycles. The van der Waals surface area contributed by atoms with Crippen LogP contribution in [-0.4, -0.2) is 41.9 Å². The van der Waals surface area contributed by atoms with E-state index in [0.717, 1.165) is 23.7 Å². The summed E-state index contributed by atoms with van der Waals surface area (Å²) >= 11 is 7.27. The minimum atomic E-state index is -0.447. The van der Waals surface area contributed by atoms with E-state index in [1.54, 1.807) is 35.2 Å². The van der Waals surface area contributed by atoms with Gasteiger partial charge in [0.2, 0.25) is 0 Å². The number of nitro benzene ring substituents is 1. The zero-order chi connectivity index (χ0) is 21.8. The van der Waals surface area contributed by atoms with Gasteiger partial charge in [-0.25, -0.2) is 0 Å². The Balaban J connectivity index is 1.48. The maximum atomic E-state index is 13.0. The highest BCUT2D eigenvalue weighted by molar-refractivity contribution is 7.99. The lowest BCUT2D eigenvalue weighted by molar-refractivity contribution is -0.387. The van der Waals surface area contributed by atoms with Gasteiger partial charge in [-0.2, -0.15) is 0 Å². The van der Waals surface area contributed by atoms with Crippen LogP contribution in [0.4, 0.5) is 11.4 Å². The molecule has 1 saturated heterocycles. The molecule has 0 aliphatic carbocycles. The van der Waals surface area contributed by atoms with E-state index in [2.05, 4.69) is 17.0 Å². The molecule has 1 fully saturated rings. The number of para-hydroxylation sites is 1. The van der Waals surface area contributed by atoms with E-state index in [1.807, 2.05) is 24.3 Å². The Bertz CT molecular complexity index is 1100. The van der Waals surface area contributed by atoms with Gasteiger partial charge in [-0.1, -0.05) is 47.6 Å². The Labute approximate surface area is 189 Å². The van der Waals surface area contributed by atoms with Gasteiger partial charge in [-0.15, -0.1) is 0 Å². The largest absolute Gasteiger partial charge is 0.368 e. The second kappa shape index (κ2) is 9.41. The summed E-state index contributed by atoms with van der Waals surface area (Å²) in [6.45, 7) is 2.59. The summed E-state index contributed by atoms with van der Waals surface area (Å²) in [5.41, 5.74) is 1.38. The number of hydrogen-bond donors (Lipinski definition) is 0. The maximum Gasteiger partial charge on any atom is 0.284 e. The number of piperazine rings is 1. The average Bonchev–Trinajstić information content (AvgIpc) is 2.79. The molecule has 6 nitrogen and oxygen atoms in total.